The molecular formula is C16H23ClO2. The number of carbonyl (C=O) groups excluding carboxylic acids is 1. The van der Waals surface area contributed by atoms with Gasteiger partial charge in [0.05, 0.1) is 6.61 Å². The van der Waals surface area contributed by atoms with Crippen molar-refractivity contribution in [3.8, 4) is 0 Å². The first-order valence-corrected chi connectivity index (χ1v) is 7.17. The monoisotopic (exact) mass is 282 g/mol. The Labute approximate surface area is 121 Å². The number of hydrogen-bond acceptors (Lipinski definition) is 2. The van der Waals surface area contributed by atoms with E-state index >= 15 is 0 Å². The highest BCUT2D eigenvalue weighted by molar-refractivity contribution is 6.32. The zero-order chi connectivity index (χ0) is 14.5. The molecule has 0 aromatic rings. The summed E-state index contributed by atoms with van der Waals surface area (Å²) in [6.45, 7) is 8.80. The van der Waals surface area contributed by atoms with E-state index in [0.29, 0.717) is 11.6 Å². The molecule has 1 aliphatic rings. The lowest BCUT2D eigenvalue weighted by molar-refractivity contribution is -0.137. The van der Waals surface area contributed by atoms with Gasteiger partial charge in [-0.15, -0.1) is 0 Å². The lowest BCUT2D eigenvalue weighted by atomic mass is 9.73. The summed E-state index contributed by atoms with van der Waals surface area (Å²) in [5.74, 6) is -0.397. The quantitative estimate of drug-likeness (QED) is 0.422. The van der Waals surface area contributed by atoms with Crippen LogP contribution in [0.5, 0.6) is 0 Å². The minimum atomic E-state index is -0.397. The van der Waals surface area contributed by atoms with Gasteiger partial charge in [-0.25, -0.2) is 4.79 Å². The van der Waals surface area contributed by atoms with Gasteiger partial charge in [0, 0.05) is 11.1 Å². The van der Waals surface area contributed by atoms with Crippen molar-refractivity contribution >= 4 is 17.6 Å². The smallest absolute Gasteiger partial charge is 0.332 e. The number of esters is 1. The third-order valence-corrected chi connectivity index (χ3v) is 3.73. The molecule has 0 atom stereocenters. The molecule has 106 valence electrons. The first-order valence-electron chi connectivity index (χ1n) is 6.79. The van der Waals surface area contributed by atoms with Gasteiger partial charge in [-0.05, 0) is 50.2 Å². The molecule has 0 saturated heterocycles. The van der Waals surface area contributed by atoms with E-state index in [2.05, 4.69) is 20.8 Å². The molecule has 1 aliphatic carbocycles. The first-order chi connectivity index (χ1) is 8.86. The Bertz CT molecular complexity index is 428. The van der Waals surface area contributed by atoms with Crippen molar-refractivity contribution in [3.05, 3.63) is 34.4 Å². The van der Waals surface area contributed by atoms with Gasteiger partial charge >= 0.3 is 5.97 Å². The Kier molecular flexibility index (Phi) is 5.86. The topological polar surface area (TPSA) is 26.3 Å². The highest BCUT2D eigenvalue weighted by Crippen LogP contribution is 2.40. The molecule has 0 N–H and O–H groups in total. The second-order valence-electron chi connectivity index (χ2n) is 5.55. The van der Waals surface area contributed by atoms with Gasteiger partial charge in [0.2, 0.25) is 0 Å². The fraction of sp³-hybridized carbons (Fsp3) is 0.562. The number of rotatable bonds is 4. The zero-order valence-corrected chi connectivity index (χ0v) is 13.0. The van der Waals surface area contributed by atoms with E-state index < -0.39 is 5.97 Å². The van der Waals surface area contributed by atoms with Crippen molar-refractivity contribution in [1.29, 1.82) is 0 Å². The Morgan fingerprint density at radius 2 is 2.16 bits per heavy atom. The molecule has 1 rings (SSSR count). The molecule has 0 unspecified atom stereocenters. The number of halogens is 1. The summed E-state index contributed by atoms with van der Waals surface area (Å²) in [5, 5.41) is 0.403. The molecule has 0 bridgehead atoms. The number of ether oxygens (including phenoxy) is 1. The summed E-state index contributed by atoms with van der Waals surface area (Å²) in [6.07, 6.45) is 8.69. The Morgan fingerprint density at radius 3 is 2.74 bits per heavy atom. The minimum Gasteiger partial charge on any atom is -0.463 e. The molecule has 0 aromatic heterocycles. The van der Waals surface area contributed by atoms with Crippen LogP contribution in [-0.2, 0) is 9.53 Å². The molecule has 2 nitrogen and oxygen atoms in total. The van der Waals surface area contributed by atoms with E-state index in [0.717, 1.165) is 6.42 Å². The van der Waals surface area contributed by atoms with Crippen molar-refractivity contribution in [2.75, 3.05) is 6.61 Å². The highest BCUT2D eigenvalue weighted by Gasteiger charge is 2.26. The van der Waals surface area contributed by atoms with Crippen LogP contribution in [0.2, 0.25) is 0 Å². The average Bonchev–Trinajstić information content (AvgIpc) is 2.27. The largest absolute Gasteiger partial charge is 0.463 e. The lowest BCUT2D eigenvalue weighted by Gasteiger charge is -2.32. The molecule has 0 amide bonds. The van der Waals surface area contributed by atoms with Crippen molar-refractivity contribution in [3.63, 3.8) is 0 Å². The summed E-state index contributed by atoms with van der Waals surface area (Å²) in [5.41, 5.74) is 2.92. The molecule has 0 aliphatic heterocycles. The minimum absolute atomic E-state index is 0.180. The Balaban J connectivity index is 2.83. The average molecular weight is 283 g/mol. The van der Waals surface area contributed by atoms with Gasteiger partial charge in [-0.1, -0.05) is 37.1 Å². The molecule has 3 heteroatoms. The van der Waals surface area contributed by atoms with E-state index in [-0.39, 0.29) is 5.41 Å². The fourth-order valence-electron chi connectivity index (χ4n) is 2.52. The summed E-state index contributed by atoms with van der Waals surface area (Å²) in [7, 11) is 0. The molecular weight excluding hydrogens is 260 g/mol. The second kappa shape index (κ2) is 6.95. The van der Waals surface area contributed by atoms with Crippen molar-refractivity contribution in [2.24, 2.45) is 5.41 Å². The van der Waals surface area contributed by atoms with Crippen LogP contribution >= 0.6 is 11.6 Å². The summed E-state index contributed by atoms with van der Waals surface area (Å²) in [4.78, 5) is 11.3. The van der Waals surface area contributed by atoms with E-state index in [4.69, 9.17) is 16.3 Å². The van der Waals surface area contributed by atoms with E-state index in [1.807, 2.05) is 6.08 Å². The predicted octanol–water partition coefficient (Wildman–Crippen LogP) is 4.76. The Morgan fingerprint density at radius 1 is 1.47 bits per heavy atom. The van der Waals surface area contributed by atoms with Gasteiger partial charge in [-0.3, -0.25) is 0 Å². The van der Waals surface area contributed by atoms with Crippen LogP contribution in [0.25, 0.3) is 0 Å². The van der Waals surface area contributed by atoms with Gasteiger partial charge in [0.1, 0.15) is 0 Å². The SMILES string of the molecule is CCOC(=O)/C=C(Cl)/C=C/C1=C(C)CCCC1(C)C. The first kappa shape index (κ1) is 16.0. The summed E-state index contributed by atoms with van der Waals surface area (Å²) >= 11 is 6.02. The fourth-order valence-corrected chi connectivity index (χ4v) is 2.67. The molecule has 0 aromatic carbocycles. The van der Waals surface area contributed by atoms with Crippen LogP contribution in [-0.4, -0.2) is 12.6 Å². The van der Waals surface area contributed by atoms with Crippen molar-refractivity contribution in [1.82, 2.24) is 0 Å². The standard InChI is InChI=1S/C16H23ClO2/c1-5-19-15(18)11-13(17)8-9-14-12(2)7-6-10-16(14,3)4/h8-9,11H,5-7,10H2,1-4H3/b9-8+,13-11-. The Hall–Kier alpha value is -1.02. The predicted molar refractivity (Wildman–Crippen MR) is 80.0 cm³/mol. The van der Waals surface area contributed by atoms with Crippen LogP contribution in [0.15, 0.2) is 34.4 Å². The molecule has 0 heterocycles. The molecule has 0 radical (unpaired) electrons. The van der Waals surface area contributed by atoms with Crippen LogP contribution in [0.4, 0.5) is 0 Å². The van der Waals surface area contributed by atoms with Gasteiger partial charge in [0.15, 0.2) is 0 Å². The number of carbonyl (C=O) groups is 1. The van der Waals surface area contributed by atoms with E-state index in [9.17, 15) is 4.79 Å². The van der Waals surface area contributed by atoms with Crippen molar-refractivity contribution in [2.45, 2.75) is 47.0 Å². The lowest BCUT2D eigenvalue weighted by Crippen LogP contribution is -2.19. The van der Waals surface area contributed by atoms with Crippen LogP contribution in [0.1, 0.15) is 47.0 Å². The van der Waals surface area contributed by atoms with Gasteiger partial charge in [-0.2, -0.15) is 0 Å². The van der Waals surface area contributed by atoms with Crippen LogP contribution in [0.3, 0.4) is 0 Å². The highest BCUT2D eigenvalue weighted by atomic mass is 35.5. The maximum atomic E-state index is 11.3. The van der Waals surface area contributed by atoms with Crippen molar-refractivity contribution < 1.29 is 9.53 Å². The molecule has 19 heavy (non-hydrogen) atoms. The van der Waals surface area contributed by atoms with Crippen LogP contribution in [0, 0.1) is 5.41 Å². The molecule has 0 spiro atoms. The van der Waals surface area contributed by atoms with E-state index in [1.165, 1.54) is 30.1 Å². The number of allylic oxidation sites excluding steroid dienone is 5. The maximum Gasteiger partial charge on any atom is 0.332 e. The van der Waals surface area contributed by atoms with Crippen LogP contribution < -0.4 is 0 Å². The summed E-state index contributed by atoms with van der Waals surface area (Å²) in [6, 6.07) is 0. The summed E-state index contributed by atoms with van der Waals surface area (Å²) < 4.78 is 4.82. The zero-order valence-electron chi connectivity index (χ0n) is 12.3. The van der Waals surface area contributed by atoms with Gasteiger partial charge < -0.3 is 4.74 Å². The molecule has 0 fully saturated rings. The molecule has 0 saturated carbocycles. The van der Waals surface area contributed by atoms with Gasteiger partial charge in [0.25, 0.3) is 0 Å². The van der Waals surface area contributed by atoms with E-state index in [1.54, 1.807) is 13.0 Å². The maximum absolute atomic E-state index is 11.3. The third-order valence-electron chi connectivity index (χ3n) is 3.49. The third kappa shape index (κ3) is 4.87. The normalized spacial score (nSPS) is 19.9. The number of hydrogen-bond donors (Lipinski definition) is 0. The second-order valence-corrected chi connectivity index (χ2v) is 5.98.